The van der Waals surface area contributed by atoms with Crippen molar-refractivity contribution in [3.63, 3.8) is 0 Å². The van der Waals surface area contributed by atoms with Gasteiger partial charge in [-0.2, -0.15) is 5.10 Å². The Morgan fingerprint density at radius 1 is 1.14 bits per heavy atom. The number of benzene rings is 1. The summed E-state index contributed by atoms with van der Waals surface area (Å²) >= 11 is 0. The summed E-state index contributed by atoms with van der Waals surface area (Å²) in [5, 5.41) is 6.78. The van der Waals surface area contributed by atoms with E-state index in [1.807, 2.05) is 40.7 Å². The number of esters is 1. The van der Waals surface area contributed by atoms with Crippen LogP contribution in [0.3, 0.4) is 0 Å². The van der Waals surface area contributed by atoms with Crippen molar-refractivity contribution in [1.29, 1.82) is 0 Å². The molecule has 0 radical (unpaired) electrons. The summed E-state index contributed by atoms with van der Waals surface area (Å²) < 4.78 is 17.1. The van der Waals surface area contributed by atoms with Crippen LogP contribution in [0.5, 0.6) is 0 Å². The molecule has 0 saturated carbocycles. The zero-order valence-electron chi connectivity index (χ0n) is 17.3. The monoisotopic (exact) mass is 384 g/mol. The molecule has 1 aliphatic rings. The Balaban J connectivity index is 2.22. The van der Waals surface area contributed by atoms with E-state index in [2.05, 4.69) is 10.2 Å². The lowest BCUT2D eigenvalue weighted by molar-refractivity contribution is 0.00578. The van der Waals surface area contributed by atoms with E-state index in [1.165, 1.54) is 7.11 Å². The van der Waals surface area contributed by atoms with Gasteiger partial charge < -0.3 is 14.0 Å². The zero-order valence-corrected chi connectivity index (χ0v) is 17.3. The topological polar surface area (TPSA) is 90.5 Å². The van der Waals surface area contributed by atoms with Crippen LogP contribution in [0.1, 0.15) is 49.2 Å². The standard InChI is InChI=1S/C20H25BN2O5/c1-11-8-9-13(18(25)26-7)10-14(11)15-12(2)17(24)23-22-16(15)21-27-19(3,4)20(5,6)28-21/h8-10H,1-7H3,(H,23,24). The lowest BCUT2D eigenvalue weighted by atomic mass is 9.77. The highest BCUT2D eigenvalue weighted by atomic mass is 16.7. The van der Waals surface area contributed by atoms with Gasteiger partial charge in [-0.1, -0.05) is 6.07 Å². The van der Waals surface area contributed by atoms with Crippen molar-refractivity contribution >= 4 is 18.7 Å². The van der Waals surface area contributed by atoms with Crippen LogP contribution in [0.2, 0.25) is 0 Å². The molecule has 2 heterocycles. The summed E-state index contributed by atoms with van der Waals surface area (Å²) in [4.78, 5) is 24.3. The second-order valence-corrected chi connectivity index (χ2v) is 8.05. The Bertz CT molecular complexity index is 981. The molecule has 2 aromatic rings. The molecule has 0 unspecified atom stereocenters. The van der Waals surface area contributed by atoms with Crippen molar-refractivity contribution in [2.45, 2.75) is 52.7 Å². The molecule has 1 fully saturated rings. The SMILES string of the molecule is COC(=O)c1ccc(C)c(-c2c(B3OC(C)(C)C(C)(C)O3)n[nH]c(=O)c2C)c1. The molecule has 8 heteroatoms. The molecule has 1 aromatic carbocycles. The maximum atomic E-state index is 12.3. The van der Waals surface area contributed by atoms with Crippen LogP contribution in [0.25, 0.3) is 11.1 Å². The molecule has 1 saturated heterocycles. The molecule has 3 rings (SSSR count). The minimum atomic E-state index is -0.753. The number of ether oxygens (including phenoxy) is 1. The molecular formula is C20H25BN2O5. The molecule has 0 bridgehead atoms. The van der Waals surface area contributed by atoms with Crippen molar-refractivity contribution in [1.82, 2.24) is 10.2 Å². The molecule has 1 aromatic heterocycles. The highest BCUT2D eigenvalue weighted by Gasteiger charge is 2.53. The number of nitrogens with one attached hydrogen (secondary N) is 1. The Kier molecular flexibility index (Phi) is 4.97. The first-order valence-electron chi connectivity index (χ1n) is 9.12. The Morgan fingerprint density at radius 2 is 1.75 bits per heavy atom. The number of aryl methyl sites for hydroxylation is 1. The average Bonchev–Trinajstić information content (AvgIpc) is 2.84. The number of aromatic amines is 1. The van der Waals surface area contributed by atoms with Crippen LogP contribution in [-0.4, -0.2) is 41.6 Å². The predicted octanol–water partition coefficient (Wildman–Crippen LogP) is 2.14. The number of hydrogen-bond donors (Lipinski definition) is 1. The number of aromatic nitrogens is 2. The molecule has 28 heavy (non-hydrogen) atoms. The smallest absolute Gasteiger partial charge is 0.465 e. The van der Waals surface area contributed by atoms with Crippen molar-refractivity contribution in [2.75, 3.05) is 7.11 Å². The second-order valence-electron chi connectivity index (χ2n) is 8.05. The van der Waals surface area contributed by atoms with E-state index in [-0.39, 0.29) is 5.56 Å². The Labute approximate surface area is 164 Å². The summed E-state index contributed by atoms with van der Waals surface area (Å²) in [6, 6.07) is 5.21. The van der Waals surface area contributed by atoms with E-state index < -0.39 is 24.3 Å². The van der Waals surface area contributed by atoms with E-state index in [9.17, 15) is 9.59 Å². The van der Waals surface area contributed by atoms with Gasteiger partial charge in [-0.25, -0.2) is 9.89 Å². The van der Waals surface area contributed by atoms with E-state index in [0.29, 0.717) is 27.8 Å². The van der Waals surface area contributed by atoms with Gasteiger partial charge in [0.1, 0.15) is 5.59 Å². The van der Waals surface area contributed by atoms with Gasteiger partial charge in [0.15, 0.2) is 0 Å². The molecule has 7 nitrogen and oxygen atoms in total. The first-order valence-corrected chi connectivity index (χ1v) is 9.12. The third-order valence-electron chi connectivity index (χ3n) is 5.65. The second kappa shape index (κ2) is 6.86. The van der Waals surface area contributed by atoms with Gasteiger partial charge >= 0.3 is 13.1 Å². The van der Waals surface area contributed by atoms with Crippen LogP contribution in [0.15, 0.2) is 23.0 Å². The van der Waals surface area contributed by atoms with Crippen molar-refractivity contribution in [2.24, 2.45) is 0 Å². The van der Waals surface area contributed by atoms with Crippen LogP contribution < -0.4 is 11.2 Å². The van der Waals surface area contributed by atoms with Crippen molar-refractivity contribution < 1.29 is 18.8 Å². The lowest BCUT2D eigenvalue weighted by Crippen LogP contribution is -2.41. The van der Waals surface area contributed by atoms with Gasteiger partial charge in [0.05, 0.1) is 23.9 Å². The normalized spacial score (nSPS) is 17.6. The summed E-state index contributed by atoms with van der Waals surface area (Å²) in [5.74, 6) is -0.450. The van der Waals surface area contributed by atoms with Crippen LogP contribution >= 0.6 is 0 Å². The Hall–Kier alpha value is -2.45. The minimum Gasteiger partial charge on any atom is -0.465 e. The van der Waals surface area contributed by atoms with E-state index in [1.54, 1.807) is 19.1 Å². The van der Waals surface area contributed by atoms with Gasteiger partial charge in [0.2, 0.25) is 0 Å². The fourth-order valence-electron chi connectivity index (χ4n) is 3.16. The summed E-state index contributed by atoms with van der Waals surface area (Å²) in [7, 11) is 0.578. The van der Waals surface area contributed by atoms with Crippen molar-refractivity contribution in [3.8, 4) is 11.1 Å². The maximum absolute atomic E-state index is 12.3. The zero-order chi connectivity index (χ0) is 20.9. The lowest BCUT2D eigenvalue weighted by Gasteiger charge is -2.32. The van der Waals surface area contributed by atoms with E-state index >= 15 is 0 Å². The molecule has 0 spiro atoms. The molecule has 0 amide bonds. The highest BCUT2D eigenvalue weighted by molar-refractivity contribution is 6.63. The van der Waals surface area contributed by atoms with Gasteiger partial charge in [0, 0.05) is 11.1 Å². The van der Waals surface area contributed by atoms with E-state index in [4.69, 9.17) is 14.0 Å². The summed E-state index contributed by atoms with van der Waals surface area (Å²) in [5.41, 5.74) is 2.13. The number of carbonyl (C=O) groups is 1. The molecule has 1 N–H and O–H groups in total. The molecule has 148 valence electrons. The number of nitrogens with zero attached hydrogens (tertiary/aromatic N) is 1. The number of H-pyrrole nitrogens is 1. The van der Waals surface area contributed by atoms with Crippen LogP contribution in [0, 0.1) is 13.8 Å². The van der Waals surface area contributed by atoms with Gasteiger partial charge in [-0.15, -0.1) is 0 Å². The first-order chi connectivity index (χ1) is 13.0. The first kappa shape index (κ1) is 20.3. The summed E-state index contributed by atoms with van der Waals surface area (Å²) in [6.07, 6.45) is 0. The third kappa shape index (κ3) is 3.27. The van der Waals surface area contributed by atoms with Crippen molar-refractivity contribution in [3.05, 3.63) is 45.2 Å². The third-order valence-corrected chi connectivity index (χ3v) is 5.65. The van der Waals surface area contributed by atoms with Gasteiger partial charge in [0.25, 0.3) is 5.56 Å². The minimum absolute atomic E-state index is 0.307. The molecule has 0 atom stereocenters. The van der Waals surface area contributed by atoms with Gasteiger partial charge in [-0.05, 0) is 64.8 Å². The average molecular weight is 384 g/mol. The number of hydrogen-bond acceptors (Lipinski definition) is 6. The number of carbonyl (C=O) groups excluding carboxylic acids is 1. The largest absolute Gasteiger partial charge is 0.517 e. The van der Waals surface area contributed by atoms with Crippen LogP contribution in [-0.2, 0) is 14.0 Å². The fraction of sp³-hybridized carbons (Fsp3) is 0.450. The number of rotatable bonds is 3. The molecular weight excluding hydrogens is 359 g/mol. The summed E-state index contributed by atoms with van der Waals surface area (Å²) in [6.45, 7) is 11.4. The Morgan fingerprint density at radius 3 is 2.32 bits per heavy atom. The molecule has 0 aliphatic carbocycles. The fourth-order valence-corrected chi connectivity index (χ4v) is 3.16. The van der Waals surface area contributed by atoms with Gasteiger partial charge in [-0.3, -0.25) is 4.79 Å². The maximum Gasteiger partial charge on any atom is 0.517 e. The predicted molar refractivity (Wildman–Crippen MR) is 107 cm³/mol. The highest BCUT2D eigenvalue weighted by Crippen LogP contribution is 2.37. The quantitative estimate of drug-likeness (QED) is 0.644. The van der Waals surface area contributed by atoms with E-state index in [0.717, 1.165) is 5.56 Å². The number of methoxy groups -OCH3 is 1. The molecule has 1 aliphatic heterocycles. The van der Waals surface area contributed by atoms with Crippen LogP contribution in [0.4, 0.5) is 0 Å².